The van der Waals surface area contributed by atoms with E-state index in [2.05, 4.69) is 53.5 Å². The third-order valence-electron chi connectivity index (χ3n) is 3.48. The van der Waals surface area contributed by atoms with Crippen LogP contribution in [0.4, 0.5) is 0 Å². The molecule has 1 aromatic heterocycles. The molecule has 0 radical (unpaired) electrons. The highest BCUT2D eigenvalue weighted by molar-refractivity contribution is 5.23. The van der Waals surface area contributed by atoms with Gasteiger partial charge in [-0.25, -0.2) is 4.98 Å². The van der Waals surface area contributed by atoms with Crippen molar-refractivity contribution in [1.82, 2.24) is 20.1 Å². The highest BCUT2D eigenvalue weighted by atomic mass is 15.3. The molecule has 0 saturated carbocycles. The van der Waals surface area contributed by atoms with Crippen molar-refractivity contribution in [3.05, 3.63) is 47.5 Å². The number of rotatable bonds is 7. The molecule has 1 aromatic carbocycles. The molecule has 4 nitrogen and oxygen atoms in total. The number of aromatic nitrogens is 3. The van der Waals surface area contributed by atoms with Gasteiger partial charge in [-0.2, -0.15) is 5.10 Å². The topological polar surface area (TPSA) is 42.7 Å². The van der Waals surface area contributed by atoms with E-state index in [-0.39, 0.29) is 0 Å². The SMILES string of the molecule is CCCNC(Cc1cccc(C)c1)Cc1ncnn1C. The van der Waals surface area contributed by atoms with Gasteiger partial charge in [-0.3, -0.25) is 4.68 Å². The zero-order valence-corrected chi connectivity index (χ0v) is 12.6. The van der Waals surface area contributed by atoms with Crippen LogP contribution >= 0.6 is 0 Å². The van der Waals surface area contributed by atoms with E-state index >= 15 is 0 Å². The van der Waals surface area contributed by atoms with Crippen molar-refractivity contribution in [3.8, 4) is 0 Å². The van der Waals surface area contributed by atoms with Crippen LogP contribution in [0.1, 0.15) is 30.3 Å². The summed E-state index contributed by atoms with van der Waals surface area (Å²) < 4.78 is 1.86. The molecule has 0 saturated heterocycles. The lowest BCUT2D eigenvalue weighted by Crippen LogP contribution is -2.34. The van der Waals surface area contributed by atoms with Crippen LogP contribution in [0.25, 0.3) is 0 Å². The van der Waals surface area contributed by atoms with Gasteiger partial charge in [0.2, 0.25) is 0 Å². The quantitative estimate of drug-likeness (QED) is 0.841. The number of hydrogen-bond acceptors (Lipinski definition) is 3. The predicted molar refractivity (Wildman–Crippen MR) is 81.7 cm³/mol. The average Bonchev–Trinajstić information content (AvgIpc) is 2.82. The fourth-order valence-corrected chi connectivity index (χ4v) is 2.41. The Balaban J connectivity index is 2.05. The predicted octanol–water partition coefficient (Wildman–Crippen LogP) is 2.28. The summed E-state index contributed by atoms with van der Waals surface area (Å²) in [4.78, 5) is 4.33. The van der Waals surface area contributed by atoms with Gasteiger partial charge >= 0.3 is 0 Å². The molecule has 108 valence electrons. The Morgan fingerprint density at radius 2 is 2.15 bits per heavy atom. The summed E-state index contributed by atoms with van der Waals surface area (Å²) in [7, 11) is 1.95. The number of benzene rings is 1. The maximum atomic E-state index is 4.33. The highest BCUT2D eigenvalue weighted by Gasteiger charge is 2.13. The molecule has 0 aliphatic rings. The Labute approximate surface area is 121 Å². The van der Waals surface area contributed by atoms with E-state index in [0.29, 0.717) is 6.04 Å². The van der Waals surface area contributed by atoms with Crippen molar-refractivity contribution < 1.29 is 0 Å². The Hall–Kier alpha value is -1.68. The molecule has 0 spiro atoms. The summed E-state index contributed by atoms with van der Waals surface area (Å²) in [5, 5.41) is 7.77. The molecule has 1 heterocycles. The lowest BCUT2D eigenvalue weighted by Gasteiger charge is -2.18. The van der Waals surface area contributed by atoms with E-state index in [9.17, 15) is 0 Å². The lowest BCUT2D eigenvalue weighted by molar-refractivity contribution is 0.485. The van der Waals surface area contributed by atoms with Crippen LogP contribution < -0.4 is 5.32 Å². The second kappa shape index (κ2) is 7.20. The van der Waals surface area contributed by atoms with Crippen LogP contribution in [0.2, 0.25) is 0 Å². The molecular weight excluding hydrogens is 248 g/mol. The fraction of sp³-hybridized carbons (Fsp3) is 0.500. The monoisotopic (exact) mass is 272 g/mol. The normalized spacial score (nSPS) is 12.6. The first-order valence-corrected chi connectivity index (χ1v) is 7.31. The van der Waals surface area contributed by atoms with Crippen molar-refractivity contribution in [2.75, 3.05) is 6.54 Å². The van der Waals surface area contributed by atoms with Crippen molar-refractivity contribution in [2.45, 2.75) is 39.2 Å². The molecule has 1 unspecified atom stereocenters. The fourth-order valence-electron chi connectivity index (χ4n) is 2.41. The summed E-state index contributed by atoms with van der Waals surface area (Å²) in [5.41, 5.74) is 2.69. The van der Waals surface area contributed by atoms with Gasteiger partial charge in [-0.15, -0.1) is 0 Å². The molecule has 0 amide bonds. The third kappa shape index (κ3) is 4.17. The summed E-state index contributed by atoms with van der Waals surface area (Å²) >= 11 is 0. The molecule has 2 rings (SSSR count). The molecular formula is C16H24N4. The van der Waals surface area contributed by atoms with Crippen LogP contribution in [0, 0.1) is 6.92 Å². The van der Waals surface area contributed by atoms with Crippen molar-refractivity contribution in [2.24, 2.45) is 7.05 Å². The minimum absolute atomic E-state index is 0.402. The molecule has 4 heteroatoms. The first-order valence-electron chi connectivity index (χ1n) is 7.31. The van der Waals surface area contributed by atoms with Gasteiger partial charge in [0.15, 0.2) is 0 Å². The summed E-state index contributed by atoms with van der Waals surface area (Å²) in [6.45, 7) is 5.37. The Morgan fingerprint density at radius 3 is 2.80 bits per heavy atom. The Kier molecular flexibility index (Phi) is 5.30. The maximum Gasteiger partial charge on any atom is 0.138 e. The molecule has 2 aromatic rings. The third-order valence-corrected chi connectivity index (χ3v) is 3.48. The van der Waals surface area contributed by atoms with Gasteiger partial charge in [-0.05, 0) is 31.9 Å². The Morgan fingerprint density at radius 1 is 1.30 bits per heavy atom. The molecule has 0 aliphatic heterocycles. The largest absolute Gasteiger partial charge is 0.313 e. The zero-order chi connectivity index (χ0) is 14.4. The van der Waals surface area contributed by atoms with Crippen LogP contribution in [-0.2, 0) is 19.9 Å². The van der Waals surface area contributed by atoms with Gasteiger partial charge in [0.1, 0.15) is 12.2 Å². The van der Waals surface area contributed by atoms with E-state index in [0.717, 1.165) is 31.6 Å². The van der Waals surface area contributed by atoms with E-state index < -0.39 is 0 Å². The molecule has 1 atom stereocenters. The van der Waals surface area contributed by atoms with E-state index in [1.807, 2.05) is 11.7 Å². The van der Waals surface area contributed by atoms with Crippen LogP contribution in [-0.4, -0.2) is 27.4 Å². The smallest absolute Gasteiger partial charge is 0.138 e. The number of aryl methyl sites for hydroxylation is 2. The minimum Gasteiger partial charge on any atom is -0.313 e. The Bertz CT molecular complexity index is 533. The number of nitrogens with zero attached hydrogens (tertiary/aromatic N) is 3. The van der Waals surface area contributed by atoms with Crippen LogP contribution in [0.3, 0.4) is 0 Å². The van der Waals surface area contributed by atoms with Gasteiger partial charge in [0.25, 0.3) is 0 Å². The first kappa shape index (κ1) is 14.7. The lowest BCUT2D eigenvalue weighted by atomic mass is 10.0. The van der Waals surface area contributed by atoms with Crippen molar-refractivity contribution in [3.63, 3.8) is 0 Å². The molecule has 1 N–H and O–H groups in total. The summed E-state index contributed by atoms with van der Waals surface area (Å²) in [6.07, 6.45) is 4.70. The molecule has 0 aliphatic carbocycles. The minimum atomic E-state index is 0.402. The maximum absolute atomic E-state index is 4.33. The van der Waals surface area contributed by atoms with E-state index in [1.165, 1.54) is 11.1 Å². The second-order valence-corrected chi connectivity index (χ2v) is 5.35. The summed E-state index contributed by atoms with van der Waals surface area (Å²) in [6, 6.07) is 9.13. The standard InChI is InChI=1S/C16H24N4/c1-4-8-17-15(11-16-18-12-19-20(16)3)10-14-7-5-6-13(2)9-14/h5-7,9,12,15,17H,4,8,10-11H2,1-3H3. The molecule has 0 bridgehead atoms. The van der Waals surface area contributed by atoms with E-state index in [4.69, 9.17) is 0 Å². The van der Waals surface area contributed by atoms with Crippen molar-refractivity contribution in [1.29, 1.82) is 0 Å². The molecule has 0 fully saturated rings. The second-order valence-electron chi connectivity index (χ2n) is 5.35. The van der Waals surface area contributed by atoms with Gasteiger partial charge in [0.05, 0.1) is 0 Å². The van der Waals surface area contributed by atoms with Crippen LogP contribution in [0.15, 0.2) is 30.6 Å². The highest BCUT2D eigenvalue weighted by Crippen LogP contribution is 2.09. The number of nitrogens with one attached hydrogen (secondary N) is 1. The first-order chi connectivity index (χ1) is 9.69. The van der Waals surface area contributed by atoms with Gasteiger partial charge in [-0.1, -0.05) is 36.8 Å². The molecule has 20 heavy (non-hydrogen) atoms. The van der Waals surface area contributed by atoms with Gasteiger partial charge in [0, 0.05) is 19.5 Å². The van der Waals surface area contributed by atoms with Crippen molar-refractivity contribution >= 4 is 0 Å². The summed E-state index contributed by atoms with van der Waals surface area (Å²) in [5.74, 6) is 1.03. The van der Waals surface area contributed by atoms with Gasteiger partial charge < -0.3 is 5.32 Å². The van der Waals surface area contributed by atoms with E-state index in [1.54, 1.807) is 6.33 Å². The average molecular weight is 272 g/mol. The number of hydrogen-bond donors (Lipinski definition) is 1. The van der Waals surface area contributed by atoms with Crippen LogP contribution in [0.5, 0.6) is 0 Å². The zero-order valence-electron chi connectivity index (χ0n) is 12.6.